The monoisotopic (exact) mass is 391 g/mol. The van der Waals surface area contributed by atoms with Gasteiger partial charge in [-0.25, -0.2) is 14.8 Å². The number of benzene rings is 1. The fourth-order valence-electron chi connectivity index (χ4n) is 2.36. The fraction of sp³-hybridized carbons (Fsp3) is 0.167. The van der Waals surface area contributed by atoms with Crippen molar-refractivity contribution in [1.29, 1.82) is 0 Å². The number of pyridine rings is 1. The minimum Gasteiger partial charge on any atom is -0.406 e. The second-order valence-corrected chi connectivity index (χ2v) is 5.66. The second-order valence-electron chi connectivity index (χ2n) is 5.66. The number of imidazole rings is 1. The smallest absolute Gasteiger partial charge is 0.406 e. The molecule has 0 radical (unpaired) electrons. The van der Waals surface area contributed by atoms with Crippen molar-refractivity contribution in [2.45, 2.75) is 12.8 Å². The Kier molecular flexibility index (Phi) is 5.78. The highest BCUT2D eigenvalue weighted by Gasteiger charge is 2.30. The van der Waals surface area contributed by atoms with Gasteiger partial charge in [-0.2, -0.15) is 0 Å². The number of nitrogens with zero attached hydrogens (tertiary/aromatic N) is 3. The Balaban J connectivity index is 1.46. The Morgan fingerprint density at radius 2 is 1.93 bits per heavy atom. The van der Waals surface area contributed by atoms with E-state index in [4.69, 9.17) is 0 Å². The van der Waals surface area contributed by atoms with Gasteiger partial charge < -0.3 is 15.4 Å². The normalized spacial score (nSPS) is 11.1. The van der Waals surface area contributed by atoms with Crippen LogP contribution in [0.5, 0.6) is 5.75 Å². The number of hydrogen-bond acceptors (Lipinski definition) is 4. The summed E-state index contributed by atoms with van der Waals surface area (Å²) >= 11 is 0. The van der Waals surface area contributed by atoms with Crippen LogP contribution in [-0.2, 0) is 6.42 Å². The number of ether oxygens (including phenoxy) is 1. The first-order chi connectivity index (χ1) is 13.4. The zero-order valence-electron chi connectivity index (χ0n) is 14.5. The number of hydrogen-bond donors (Lipinski definition) is 2. The lowest BCUT2D eigenvalue weighted by Gasteiger charge is -2.10. The maximum Gasteiger partial charge on any atom is 0.573 e. The summed E-state index contributed by atoms with van der Waals surface area (Å²) in [6.07, 6.45) is 0.831. The third-order valence-corrected chi connectivity index (χ3v) is 3.57. The number of alkyl halides is 3. The van der Waals surface area contributed by atoms with Crippen molar-refractivity contribution in [3.63, 3.8) is 0 Å². The Morgan fingerprint density at radius 3 is 2.61 bits per heavy atom. The van der Waals surface area contributed by atoms with E-state index in [1.165, 1.54) is 12.1 Å². The molecule has 2 heterocycles. The summed E-state index contributed by atoms with van der Waals surface area (Å²) in [6.45, 7) is 0.335. The van der Waals surface area contributed by atoms with Crippen molar-refractivity contribution in [2.24, 2.45) is 0 Å². The van der Waals surface area contributed by atoms with Crippen LogP contribution in [0.1, 0.15) is 5.69 Å². The number of carbonyl (C=O) groups excluding carboxylic acids is 1. The molecule has 0 atom stereocenters. The largest absolute Gasteiger partial charge is 0.573 e. The molecule has 0 saturated heterocycles. The molecule has 7 nitrogen and oxygen atoms in total. The van der Waals surface area contributed by atoms with Crippen molar-refractivity contribution in [3.05, 3.63) is 66.9 Å². The Morgan fingerprint density at radius 1 is 1.14 bits per heavy atom. The number of amides is 2. The van der Waals surface area contributed by atoms with E-state index >= 15 is 0 Å². The van der Waals surface area contributed by atoms with Crippen LogP contribution in [0.15, 0.2) is 61.2 Å². The first-order valence-electron chi connectivity index (χ1n) is 8.24. The van der Waals surface area contributed by atoms with E-state index in [9.17, 15) is 18.0 Å². The van der Waals surface area contributed by atoms with Crippen LogP contribution in [0, 0.1) is 0 Å². The number of aromatic nitrogens is 3. The predicted molar refractivity (Wildman–Crippen MR) is 95.2 cm³/mol. The molecular formula is C18H16F3N5O2. The average molecular weight is 391 g/mol. The third kappa shape index (κ3) is 5.73. The van der Waals surface area contributed by atoms with Gasteiger partial charge in [-0.1, -0.05) is 6.07 Å². The Bertz CT molecular complexity index is 912. The van der Waals surface area contributed by atoms with Crippen molar-refractivity contribution >= 4 is 11.7 Å². The zero-order valence-corrected chi connectivity index (χ0v) is 14.5. The molecule has 28 heavy (non-hydrogen) atoms. The highest BCUT2D eigenvalue weighted by atomic mass is 19.4. The van der Waals surface area contributed by atoms with Gasteiger partial charge in [0, 0.05) is 36.7 Å². The molecule has 0 aliphatic carbocycles. The van der Waals surface area contributed by atoms with Gasteiger partial charge >= 0.3 is 12.4 Å². The van der Waals surface area contributed by atoms with Crippen molar-refractivity contribution in [3.8, 4) is 11.6 Å². The summed E-state index contributed by atoms with van der Waals surface area (Å²) in [5.74, 6) is 0.364. The van der Waals surface area contributed by atoms with Crippen LogP contribution in [-0.4, -0.2) is 33.5 Å². The maximum atomic E-state index is 12.1. The summed E-state index contributed by atoms with van der Waals surface area (Å²) in [5.41, 5.74) is 1.13. The number of urea groups is 1. The minimum absolute atomic E-state index is 0.335. The Labute approximate surface area is 158 Å². The van der Waals surface area contributed by atoms with Crippen molar-refractivity contribution < 1.29 is 22.7 Å². The van der Waals surface area contributed by atoms with Crippen LogP contribution in [0.2, 0.25) is 0 Å². The first kappa shape index (κ1) is 19.2. The molecule has 0 fully saturated rings. The van der Waals surface area contributed by atoms with Crippen LogP contribution in [0.25, 0.3) is 5.82 Å². The molecule has 146 valence electrons. The summed E-state index contributed by atoms with van der Waals surface area (Å²) in [4.78, 5) is 20.4. The summed E-state index contributed by atoms with van der Waals surface area (Å²) < 4.78 is 41.9. The Hall–Kier alpha value is -3.56. The van der Waals surface area contributed by atoms with Gasteiger partial charge in [0.25, 0.3) is 0 Å². The summed E-state index contributed by atoms with van der Waals surface area (Å²) in [7, 11) is 0. The van der Waals surface area contributed by atoms with E-state index in [2.05, 4.69) is 25.3 Å². The van der Waals surface area contributed by atoms with E-state index < -0.39 is 12.4 Å². The van der Waals surface area contributed by atoms with Crippen LogP contribution in [0.4, 0.5) is 23.7 Å². The van der Waals surface area contributed by atoms with E-state index in [1.807, 2.05) is 18.2 Å². The third-order valence-electron chi connectivity index (χ3n) is 3.57. The molecule has 3 aromatic rings. The number of anilines is 1. The lowest BCUT2D eigenvalue weighted by Crippen LogP contribution is -2.30. The van der Waals surface area contributed by atoms with E-state index in [0.29, 0.717) is 18.7 Å². The molecule has 3 rings (SSSR count). The summed E-state index contributed by atoms with van der Waals surface area (Å²) in [6, 6.07) is 9.95. The van der Waals surface area contributed by atoms with Gasteiger partial charge in [-0.15, -0.1) is 13.2 Å². The van der Waals surface area contributed by atoms with Crippen molar-refractivity contribution in [1.82, 2.24) is 19.9 Å². The van der Waals surface area contributed by atoms with Gasteiger partial charge in [0.1, 0.15) is 17.9 Å². The predicted octanol–water partition coefficient (Wildman–Crippen LogP) is 3.53. The minimum atomic E-state index is -4.75. The van der Waals surface area contributed by atoms with Gasteiger partial charge in [-0.3, -0.25) is 4.57 Å². The maximum absolute atomic E-state index is 12.1. The lowest BCUT2D eigenvalue weighted by molar-refractivity contribution is -0.274. The fourth-order valence-corrected chi connectivity index (χ4v) is 2.36. The molecule has 0 spiro atoms. The number of carbonyl (C=O) groups is 1. The van der Waals surface area contributed by atoms with Gasteiger partial charge in [0.15, 0.2) is 0 Å². The molecule has 2 N–H and O–H groups in total. The van der Waals surface area contributed by atoms with E-state index in [-0.39, 0.29) is 5.75 Å². The molecule has 0 bridgehead atoms. The molecular weight excluding hydrogens is 375 g/mol. The van der Waals surface area contributed by atoms with Gasteiger partial charge in [-0.05, 0) is 36.4 Å². The molecule has 1 aromatic carbocycles. The highest BCUT2D eigenvalue weighted by molar-refractivity contribution is 5.89. The van der Waals surface area contributed by atoms with Crippen molar-refractivity contribution in [2.75, 3.05) is 11.9 Å². The molecule has 0 aliphatic rings. The average Bonchev–Trinajstić information content (AvgIpc) is 3.17. The van der Waals surface area contributed by atoms with Gasteiger partial charge in [0.05, 0.1) is 0 Å². The topological polar surface area (TPSA) is 81.1 Å². The quantitative estimate of drug-likeness (QED) is 0.674. The van der Waals surface area contributed by atoms with E-state index in [1.54, 1.807) is 23.3 Å². The number of halogens is 3. The second kappa shape index (κ2) is 8.42. The van der Waals surface area contributed by atoms with Crippen LogP contribution < -0.4 is 15.4 Å². The SMILES string of the molecule is O=C(NCCc1cccc(-n2ccnc2)n1)Nc1ccc(OC(F)(F)F)cc1. The van der Waals surface area contributed by atoms with Crippen LogP contribution >= 0.6 is 0 Å². The standard InChI is InChI=1S/C18H16F3N5O2/c19-18(20,21)28-15-6-4-14(5-7-15)25-17(27)23-9-8-13-2-1-3-16(24-13)26-11-10-22-12-26/h1-7,10-12H,8-9H2,(H2,23,25,27). The summed E-state index contributed by atoms with van der Waals surface area (Å²) in [5, 5.41) is 5.20. The molecule has 0 aliphatic heterocycles. The molecule has 0 unspecified atom stereocenters. The van der Waals surface area contributed by atoms with Crippen LogP contribution in [0.3, 0.4) is 0 Å². The molecule has 2 amide bonds. The van der Waals surface area contributed by atoms with Gasteiger partial charge in [0.2, 0.25) is 0 Å². The lowest BCUT2D eigenvalue weighted by atomic mass is 10.2. The highest BCUT2D eigenvalue weighted by Crippen LogP contribution is 2.23. The first-order valence-corrected chi connectivity index (χ1v) is 8.24. The van der Waals surface area contributed by atoms with E-state index in [0.717, 1.165) is 23.6 Å². The number of rotatable bonds is 6. The number of nitrogens with one attached hydrogen (secondary N) is 2. The molecule has 2 aromatic heterocycles. The molecule has 0 saturated carbocycles. The zero-order chi connectivity index (χ0) is 20.0. The molecule has 10 heteroatoms.